The van der Waals surface area contributed by atoms with Crippen molar-refractivity contribution in [2.75, 3.05) is 5.32 Å². The molecular weight excluding hydrogens is 354 g/mol. The second kappa shape index (κ2) is 6.58. The molecule has 1 N–H and O–H groups in total. The Labute approximate surface area is 151 Å². The summed E-state index contributed by atoms with van der Waals surface area (Å²) in [4.78, 5) is 18.0. The minimum absolute atomic E-state index is 0.231. The van der Waals surface area contributed by atoms with Crippen molar-refractivity contribution in [3.63, 3.8) is 0 Å². The van der Waals surface area contributed by atoms with Crippen LogP contribution in [0, 0.1) is 6.92 Å². The standard InChI is InChI=1S/C17H13N5OS2/c1-11-20-21-16(24-11)19-15(23)14-13(12-7-3-2-4-8-12)18-17(25-14)22-9-5-6-10-22/h2-10H,1H3,(H,19,21,23). The van der Waals surface area contributed by atoms with Crippen LogP contribution in [0.1, 0.15) is 14.7 Å². The van der Waals surface area contributed by atoms with Crippen LogP contribution in [-0.2, 0) is 0 Å². The Morgan fingerprint density at radius 1 is 1.04 bits per heavy atom. The number of nitrogens with zero attached hydrogens (tertiary/aromatic N) is 4. The molecule has 8 heteroatoms. The summed E-state index contributed by atoms with van der Waals surface area (Å²) in [6, 6.07) is 13.5. The van der Waals surface area contributed by atoms with Gasteiger partial charge in [-0.3, -0.25) is 10.1 Å². The highest BCUT2D eigenvalue weighted by Crippen LogP contribution is 2.31. The highest BCUT2D eigenvalue weighted by molar-refractivity contribution is 7.17. The van der Waals surface area contributed by atoms with Crippen LogP contribution in [0.2, 0.25) is 0 Å². The molecule has 124 valence electrons. The van der Waals surface area contributed by atoms with Crippen molar-refractivity contribution in [2.45, 2.75) is 6.92 Å². The van der Waals surface area contributed by atoms with Gasteiger partial charge in [0.15, 0.2) is 5.13 Å². The van der Waals surface area contributed by atoms with E-state index >= 15 is 0 Å². The summed E-state index contributed by atoms with van der Waals surface area (Å²) in [5.74, 6) is -0.231. The maximum atomic E-state index is 12.8. The van der Waals surface area contributed by atoms with Crippen LogP contribution < -0.4 is 5.32 Å². The average molecular weight is 367 g/mol. The number of anilines is 1. The van der Waals surface area contributed by atoms with E-state index in [1.54, 1.807) is 0 Å². The lowest BCUT2D eigenvalue weighted by Gasteiger charge is -2.01. The minimum Gasteiger partial charge on any atom is -0.300 e. The van der Waals surface area contributed by atoms with Gasteiger partial charge in [0.25, 0.3) is 5.91 Å². The zero-order valence-corrected chi connectivity index (χ0v) is 14.8. The number of amides is 1. The molecular formula is C17H13N5OS2. The predicted molar refractivity (Wildman–Crippen MR) is 99.5 cm³/mol. The molecule has 4 aromatic rings. The highest BCUT2D eigenvalue weighted by Gasteiger charge is 2.21. The van der Waals surface area contributed by atoms with E-state index in [0.717, 1.165) is 15.7 Å². The van der Waals surface area contributed by atoms with E-state index < -0.39 is 0 Å². The fraction of sp³-hybridized carbons (Fsp3) is 0.0588. The molecule has 0 aliphatic carbocycles. The van der Waals surface area contributed by atoms with E-state index in [1.807, 2.05) is 66.3 Å². The topological polar surface area (TPSA) is 72.7 Å². The van der Waals surface area contributed by atoms with Crippen molar-refractivity contribution in [2.24, 2.45) is 0 Å². The third-order valence-electron chi connectivity index (χ3n) is 3.44. The number of hydrogen-bond acceptors (Lipinski definition) is 6. The van der Waals surface area contributed by atoms with Crippen LogP contribution in [0.15, 0.2) is 54.9 Å². The van der Waals surface area contributed by atoms with Gasteiger partial charge in [-0.05, 0) is 19.1 Å². The van der Waals surface area contributed by atoms with E-state index in [9.17, 15) is 4.79 Å². The smallest absolute Gasteiger partial charge is 0.269 e. The number of nitrogens with one attached hydrogen (secondary N) is 1. The summed E-state index contributed by atoms with van der Waals surface area (Å²) in [5.41, 5.74) is 1.56. The zero-order chi connectivity index (χ0) is 17.2. The molecule has 0 saturated heterocycles. The molecule has 0 spiro atoms. The van der Waals surface area contributed by atoms with Crippen LogP contribution in [0.25, 0.3) is 16.4 Å². The van der Waals surface area contributed by atoms with Gasteiger partial charge in [-0.2, -0.15) is 0 Å². The first-order valence-electron chi connectivity index (χ1n) is 7.52. The Morgan fingerprint density at radius 2 is 1.80 bits per heavy atom. The Bertz CT molecular complexity index is 1010. The molecule has 0 radical (unpaired) electrons. The lowest BCUT2D eigenvalue weighted by molar-refractivity contribution is 0.103. The van der Waals surface area contributed by atoms with Crippen molar-refractivity contribution in [3.05, 3.63) is 64.7 Å². The van der Waals surface area contributed by atoms with E-state index in [-0.39, 0.29) is 5.91 Å². The summed E-state index contributed by atoms with van der Waals surface area (Å²) in [6.45, 7) is 1.85. The van der Waals surface area contributed by atoms with Gasteiger partial charge < -0.3 is 4.57 Å². The van der Waals surface area contributed by atoms with Gasteiger partial charge in [0.2, 0.25) is 5.13 Å². The Kier molecular flexibility index (Phi) is 4.12. The van der Waals surface area contributed by atoms with Gasteiger partial charge in [0.05, 0.1) is 5.69 Å². The Hall–Kier alpha value is -2.84. The number of thiazole rings is 1. The number of hydrogen-bond donors (Lipinski definition) is 1. The van der Waals surface area contributed by atoms with Crippen LogP contribution in [0.5, 0.6) is 0 Å². The van der Waals surface area contributed by atoms with E-state index in [1.165, 1.54) is 22.7 Å². The van der Waals surface area contributed by atoms with Crippen molar-refractivity contribution in [1.29, 1.82) is 0 Å². The molecule has 0 aliphatic rings. The molecule has 3 heterocycles. The summed E-state index contributed by atoms with van der Waals surface area (Å²) < 4.78 is 1.89. The lowest BCUT2D eigenvalue weighted by atomic mass is 10.1. The normalized spacial score (nSPS) is 10.8. The van der Waals surface area contributed by atoms with Gasteiger partial charge in [-0.1, -0.05) is 53.0 Å². The Morgan fingerprint density at radius 3 is 2.48 bits per heavy atom. The molecule has 1 aromatic carbocycles. The van der Waals surface area contributed by atoms with E-state index in [0.29, 0.717) is 15.7 Å². The van der Waals surface area contributed by atoms with Gasteiger partial charge in [-0.15, -0.1) is 10.2 Å². The molecule has 0 saturated carbocycles. The maximum absolute atomic E-state index is 12.8. The van der Waals surface area contributed by atoms with E-state index in [4.69, 9.17) is 0 Å². The monoisotopic (exact) mass is 367 g/mol. The summed E-state index contributed by atoms with van der Waals surface area (Å²) in [6.07, 6.45) is 3.81. The first kappa shape index (κ1) is 15.7. The molecule has 0 atom stereocenters. The summed E-state index contributed by atoms with van der Waals surface area (Å²) >= 11 is 2.68. The molecule has 1 amide bonds. The summed E-state index contributed by atoms with van der Waals surface area (Å²) in [7, 11) is 0. The SMILES string of the molecule is Cc1nnc(NC(=O)c2sc(-n3cccc3)nc2-c2ccccc2)s1. The summed E-state index contributed by atoms with van der Waals surface area (Å²) in [5, 5.41) is 12.7. The fourth-order valence-corrected chi connectivity index (χ4v) is 3.87. The molecule has 6 nitrogen and oxygen atoms in total. The number of aromatic nitrogens is 4. The molecule has 25 heavy (non-hydrogen) atoms. The Balaban J connectivity index is 1.75. The van der Waals surface area contributed by atoms with Gasteiger partial charge in [-0.25, -0.2) is 4.98 Å². The van der Waals surface area contributed by atoms with Gasteiger partial charge in [0, 0.05) is 18.0 Å². The molecule has 4 rings (SSSR count). The molecule has 0 bridgehead atoms. The lowest BCUT2D eigenvalue weighted by Crippen LogP contribution is -2.11. The molecule has 0 unspecified atom stereocenters. The average Bonchev–Trinajstić information content (AvgIpc) is 3.35. The van der Waals surface area contributed by atoms with Crippen LogP contribution in [-0.4, -0.2) is 25.7 Å². The predicted octanol–water partition coefficient (Wildman–Crippen LogP) is 4.01. The van der Waals surface area contributed by atoms with Crippen LogP contribution >= 0.6 is 22.7 Å². The second-order valence-corrected chi connectivity index (χ2v) is 7.37. The second-order valence-electron chi connectivity index (χ2n) is 5.21. The number of carbonyl (C=O) groups is 1. The van der Waals surface area contributed by atoms with Crippen molar-refractivity contribution in [3.8, 4) is 16.4 Å². The third-order valence-corrected chi connectivity index (χ3v) is 5.26. The highest BCUT2D eigenvalue weighted by atomic mass is 32.1. The quantitative estimate of drug-likeness (QED) is 0.591. The third kappa shape index (κ3) is 3.21. The van der Waals surface area contributed by atoms with Crippen LogP contribution in [0.4, 0.5) is 5.13 Å². The number of benzene rings is 1. The first-order chi connectivity index (χ1) is 12.2. The minimum atomic E-state index is -0.231. The van der Waals surface area contributed by atoms with Crippen molar-refractivity contribution >= 4 is 33.7 Å². The zero-order valence-electron chi connectivity index (χ0n) is 13.2. The van der Waals surface area contributed by atoms with Gasteiger partial charge in [0.1, 0.15) is 9.88 Å². The largest absolute Gasteiger partial charge is 0.300 e. The van der Waals surface area contributed by atoms with Gasteiger partial charge >= 0.3 is 0 Å². The molecule has 0 aliphatic heterocycles. The number of aryl methyl sites for hydroxylation is 1. The first-order valence-corrected chi connectivity index (χ1v) is 9.15. The number of rotatable bonds is 4. The number of carbonyl (C=O) groups excluding carboxylic acids is 1. The maximum Gasteiger partial charge on any atom is 0.269 e. The molecule has 0 fully saturated rings. The van der Waals surface area contributed by atoms with Crippen molar-refractivity contribution in [1.82, 2.24) is 19.7 Å². The molecule has 3 aromatic heterocycles. The van der Waals surface area contributed by atoms with E-state index in [2.05, 4.69) is 20.5 Å². The fourth-order valence-electron chi connectivity index (χ4n) is 2.33. The van der Waals surface area contributed by atoms with Crippen molar-refractivity contribution < 1.29 is 4.79 Å². The van der Waals surface area contributed by atoms with Crippen LogP contribution in [0.3, 0.4) is 0 Å².